The molecule has 138 valence electrons. The third-order valence-corrected chi connectivity index (χ3v) is 5.57. The summed E-state index contributed by atoms with van der Waals surface area (Å²) in [6.45, 7) is 0.104. The van der Waals surface area contributed by atoms with Crippen molar-refractivity contribution in [2.45, 2.75) is 19.1 Å². The molecule has 0 radical (unpaired) electrons. The molecule has 0 saturated heterocycles. The molecule has 9 heteroatoms. The molecule has 4 rings (SSSR count). The van der Waals surface area contributed by atoms with Gasteiger partial charge in [-0.05, 0) is 18.2 Å². The molecule has 0 fully saturated rings. The summed E-state index contributed by atoms with van der Waals surface area (Å²) in [6, 6.07) is 9.38. The Bertz CT molecular complexity index is 1070. The molecule has 27 heavy (non-hydrogen) atoms. The first kappa shape index (κ1) is 17.7. The molecule has 1 aromatic heterocycles. The van der Waals surface area contributed by atoms with Crippen molar-refractivity contribution < 1.29 is 23.8 Å². The highest BCUT2D eigenvalue weighted by molar-refractivity contribution is 7.19. The van der Waals surface area contributed by atoms with Gasteiger partial charge in [0.15, 0.2) is 6.10 Å². The van der Waals surface area contributed by atoms with Crippen LogP contribution in [-0.4, -0.2) is 28.1 Å². The lowest BCUT2D eigenvalue weighted by molar-refractivity contribution is -0.142. The number of nitrogens with zero attached hydrogens (tertiary/aromatic N) is 2. The highest BCUT2D eigenvalue weighted by Gasteiger charge is 2.36. The number of benzene rings is 2. The fourth-order valence-corrected chi connectivity index (χ4v) is 4.19. The van der Waals surface area contributed by atoms with Crippen molar-refractivity contribution in [3.63, 3.8) is 0 Å². The Labute approximate surface area is 161 Å². The molecule has 1 N–H and O–H groups in total. The fourth-order valence-electron chi connectivity index (χ4n) is 2.94. The van der Waals surface area contributed by atoms with Gasteiger partial charge >= 0.3 is 5.97 Å². The summed E-state index contributed by atoms with van der Waals surface area (Å²) in [6.07, 6.45) is -1.56. The van der Waals surface area contributed by atoms with E-state index in [-0.39, 0.29) is 11.6 Å². The number of aromatic nitrogens is 1. The molecule has 6 nitrogen and oxygen atoms in total. The maximum atomic E-state index is 13.5. The number of carbonyl (C=O) groups is 2. The quantitative estimate of drug-likeness (QED) is 0.711. The molecule has 3 aromatic rings. The zero-order valence-corrected chi connectivity index (χ0v) is 15.3. The van der Waals surface area contributed by atoms with E-state index in [2.05, 4.69) is 4.98 Å². The normalized spacial score (nSPS) is 16.3. The maximum absolute atomic E-state index is 13.5. The molecule has 0 saturated carbocycles. The minimum absolute atomic E-state index is 0.104. The summed E-state index contributed by atoms with van der Waals surface area (Å²) < 4.78 is 19.7. The van der Waals surface area contributed by atoms with Gasteiger partial charge in [-0.25, -0.2) is 9.37 Å². The van der Waals surface area contributed by atoms with Crippen molar-refractivity contribution in [3.05, 3.63) is 52.2 Å². The predicted molar refractivity (Wildman–Crippen MR) is 98.9 cm³/mol. The summed E-state index contributed by atoms with van der Waals surface area (Å²) in [5, 5.41) is 9.86. The van der Waals surface area contributed by atoms with Crippen LogP contribution in [0.2, 0.25) is 5.02 Å². The van der Waals surface area contributed by atoms with E-state index in [9.17, 15) is 14.0 Å². The van der Waals surface area contributed by atoms with Gasteiger partial charge < -0.3 is 9.84 Å². The van der Waals surface area contributed by atoms with Gasteiger partial charge in [0.25, 0.3) is 5.91 Å². The van der Waals surface area contributed by atoms with Crippen molar-refractivity contribution in [1.82, 2.24) is 4.98 Å². The first-order chi connectivity index (χ1) is 12.9. The Morgan fingerprint density at radius 1 is 1.37 bits per heavy atom. The number of carboxylic acid groups (broad SMARTS) is 1. The second kappa shape index (κ2) is 6.79. The largest absolute Gasteiger partial charge is 0.481 e. The van der Waals surface area contributed by atoms with Crippen LogP contribution in [0.3, 0.4) is 0 Å². The molecule has 2 heterocycles. The monoisotopic (exact) mass is 406 g/mol. The number of carboxylic acids is 1. The second-order valence-electron chi connectivity index (χ2n) is 5.94. The van der Waals surface area contributed by atoms with E-state index >= 15 is 0 Å². The van der Waals surface area contributed by atoms with E-state index in [0.29, 0.717) is 26.7 Å². The summed E-state index contributed by atoms with van der Waals surface area (Å²) in [5.41, 5.74) is 0.941. The van der Waals surface area contributed by atoms with E-state index in [1.807, 2.05) is 0 Å². The topological polar surface area (TPSA) is 79.7 Å². The van der Waals surface area contributed by atoms with E-state index in [0.717, 1.165) is 0 Å². The molecule has 1 atom stereocenters. The lowest BCUT2D eigenvalue weighted by atomic mass is 10.1. The number of fused-ring (bicyclic) bond motifs is 2. The van der Waals surface area contributed by atoms with E-state index in [4.69, 9.17) is 21.4 Å². The summed E-state index contributed by atoms with van der Waals surface area (Å²) in [5.74, 6) is -1.66. The van der Waals surface area contributed by atoms with E-state index in [1.165, 1.54) is 28.4 Å². The predicted octanol–water partition coefficient (Wildman–Crippen LogP) is 3.86. The first-order valence-corrected chi connectivity index (χ1v) is 9.15. The number of ether oxygens (including phenoxy) is 1. The number of amides is 1. The molecule has 0 bridgehead atoms. The number of thiazole rings is 1. The minimum atomic E-state index is -1.13. The van der Waals surface area contributed by atoms with Crippen molar-refractivity contribution >= 4 is 50.7 Å². The average molecular weight is 407 g/mol. The van der Waals surface area contributed by atoms with Gasteiger partial charge in [0.1, 0.15) is 16.6 Å². The van der Waals surface area contributed by atoms with Crippen LogP contribution in [0, 0.1) is 5.82 Å². The Morgan fingerprint density at radius 2 is 2.15 bits per heavy atom. The van der Waals surface area contributed by atoms with Gasteiger partial charge in [-0.3, -0.25) is 14.5 Å². The number of hydrogen-bond acceptors (Lipinski definition) is 5. The zero-order valence-electron chi connectivity index (χ0n) is 13.7. The van der Waals surface area contributed by atoms with Crippen LogP contribution in [0.4, 0.5) is 10.1 Å². The molecule has 0 spiro atoms. The molecule has 1 unspecified atom stereocenters. The molecule has 1 aliphatic rings. The van der Waals surface area contributed by atoms with Gasteiger partial charge in [-0.15, -0.1) is 11.3 Å². The van der Waals surface area contributed by atoms with Gasteiger partial charge in [0.2, 0.25) is 0 Å². The lowest BCUT2D eigenvalue weighted by Gasteiger charge is -2.33. The van der Waals surface area contributed by atoms with E-state index in [1.54, 1.807) is 24.3 Å². The number of hydrogen-bond donors (Lipinski definition) is 1. The molecule has 2 aromatic carbocycles. The van der Waals surface area contributed by atoms with Crippen LogP contribution in [-0.2, 0) is 16.1 Å². The number of anilines is 1. The van der Waals surface area contributed by atoms with Crippen LogP contribution < -0.4 is 9.64 Å². The van der Waals surface area contributed by atoms with Crippen LogP contribution in [0.5, 0.6) is 5.75 Å². The summed E-state index contributed by atoms with van der Waals surface area (Å²) in [7, 11) is 0. The zero-order chi connectivity index (χ0) is 19.1. The second-order valence-corrected chi connectivity index (χ2v) is 7.43. The molecular formula is C18H12ClFN2O4S. The van der Waals surface area contributed by atoms with Gasteiger partial charge in [0.05, 0.1) is 33.9 Å². The molecule has 1 amide bonds. The fraction of sp³-hybridized carbons (Fsp3) is 0.167. The number of aliphatic carboxylic acids is 1. The van der Waals surface area contributed by atoms with Gasteiger partial charge in [-0.2, -0.15) is 0 Å². The SMILES string of the molecule is O=C(O)CC1Oc2ccccc2N(Cc2nc3cc(F)cc(Cl)c3s2)C1=O. The third kappa shape index (κ3) is 3.33. The summed E-state index contributed by atoms with van der Waals surface area (Å²) >= 11 is 7.33. The number of carbonyl (C=O) groups excluding carboxylic acids is 1. The smallest absolute Gasteiger partial charge is 0.307 e. The lowest BCUT2D eigenvalue weighted by Crippen LogP contribution is -2.46. The van der Waals surface area contributed by atoms with Crippen LogP contribution in [0.15, 0.2) is 36.4 Å². The van der Waals surface area contributed by atoms with Crippen molar-refractivity contribution in [2.75, 3.05) is 4.90 Å². The Balaban J connectivity index is 1.72. The molecule has 1 aliphatic heterocycles. The van der Waals surface area contributed by atoms with Gasteiger partial charge in [-0.1, -0.05) is 23.7 Å². The number of rotatable bonds is 4. The highest BCUT2D eigenvalue weighted by atomic mass is 35.5. The number of halogens is 2. The molecule has 0 aliphatic carbocycles. The Hall–Kier alpha value is -2.71. The maximum Gasteiger partial charge on any atom is 0.307 e. The Kier molecular flexibility index (Phi) is 4.45. The van der Waals surface area contributed by atoms with Crippen molar-refractivity contribution in [2.24, 2.45) is 0 Å². The van der Waals surface area contributed by atoms with Crippen LogP contribution in [0.1, 0.15) is 11.4 Å². The van der Waals surface area contributed by atoms with Crippen molar-refractivity contribution in [1.29, 1.82) is 0 Å². The minimum Gasteiger partial charge on any atom is -0.481 e. The van der Waals surface area contributed by atoms with Crippen molar-refractivity contribution in [3.8, 4) is 5.75 Å². The van der Waals surface area contributed by atoms with Gasteiger partial charge in [0, 0.05) is 6.07 Å². The Morgan fingerprint density at radius 3 is 2.93 bits per heavy atom. The standard InChI is InChI=1S/C18H12ClFN2O4S/c19-10-5-9(20)6-11-17(10)27-15(21-11)8-22-12-3-1-2-4-13(12)26-14(18(22)25)7-16(23)24/h1-6,14H,7-8H2,(H,23,24). The summed E-state index contributed by atoms with van der Waals surface area (Å²) in [4.78, 5) is 29.7. The third-order valence-electron chi connectivity index (χ3n) is 4.07. The highest BCUT2D eigenvalue weighted by Crippen LogP contribution is 2.37. The van der Waals surface area contributed by atoms with Crippen LogP contribution in [0.25, 0.3) is 10.2 Å². The molecular weight excluding hydrogens is 395 g/mol. The van der Waals surface area contributed by atoms with E-state index < -0.39 is 30.2 Å². The first-order valence-electron chi connectivity index (χ1n) is 7.95. The average Bonchev–Trinajstić information content (AvgIpc) is 3.01. The number of para-hydroxylation sites is 2. The van der Waals surface area contributed by atoms with Crippen LogP contribution >= 0.6 is 22.9 Å².